The van der Waals surface area contributed by atoms with Crippen LogP contribution in [0.5, 0.6) is 0 Å². The second-order valence-electron chi connectivity index (χ2n) is 3.33. The number of alkyl halides is 2. The van der Waals surface area contributed by atoms with Crippen molar-refractivity contribution in [2.24, 2.45) is 0 Å². The Hall–Kier alpha value is -1.24. The minimum Gasteiger partial charge on any atom is -0.394 e. The van der Waals surface area contributed by atoms with Gasteiger partial charge in [-0.1, -0.05) is 5.16 Å². The topological polar surface area (TPSA) is 61.9 Å². The molecular formula is C10H12BrF2N3O. The number of aromatic nitrogens is 1. The lowest BCUT2D eigenvalue weighted by molar-refractivity contribution is 0.146. The Morgan fingerprint density at radius 2 is 2.41 bits per heavy atom. The first-order valence-electron chi connectivity index (χ1n) is 4.86. The molecule has 0 fully saturated rings. The smallest absolute Gasteiger partial charge is 0.244 e. The van der Waals surface area contributed by atoms with E-state index in [1.807, 2.05) is 0 Å². The summed E-state index contributed by atoms with van der Waals surface area (Å²) in [4.78, 5) is 0. The minimum absolute atomic E-state index is 0.207. The van der Waals surface area contributed by atoms with Crippen molar-refractivity contribution >= 4 is 20.6 Å². The second kappa shape index (κ2) is 6.48. The molecule has 0 unspecified atom stereocenters. The van der Waals surface area contributed by atoms with E-state index in [0.29, 0.717) is 17.8 Å². The van der Waals surface area contributed by atoms with Crippen LogP contribution < -0.4 is 5.32 Å². The highest BCUT2D eigenvalue weighted by molar-refractivity contribution is 9.18. The highest BCUT2D eigenvalue weighted by Crippen LogP contribution is 2.14. The third-order valence-corrected chi connectivity index (χ3v) is 2.45. The SMILES string of the molecule is CN/C=C(/Cc1cc(CC(F)F)no1)C(=N)Br. The van der Waals surface area contributed by atoms with Gasteiger partial charge in [-0.05, 0) is 15.9 Å². The molecule has 0 aliphatic carbocycles. The second-order valence-corrected chi connectivity index (χ2v) is 4.12. The predicted molar refractivity (Wildman–Crippen MR) is 63.7 cm³/mol. The summed E-state index contributed by atoms with van der Waals surface area (Å²) in [5.41, 5.74) is 0.868. The first kappa shape index (κ1) is 13.8. The van der Waals surface area contributed by atoms with E-state index in [9.17, 15) is 8.78 Å². The van der Waals surface area contributed by atoms with Gasteiger partial charge in [0.2, 0.25) is 6.43 Å². The summed E-state index contributed by atoms with van der Waals surface area (Å²) >= 11 is 3.04. The average Bonchev–Trinajstić information content (AvgIpc) is 2.63. The number of rotatable bonds is 6. The van der Waals surface area contributed by atoms with Crippen LogP contribution in [0.25, 0.3) is 0 Å². The van der Waals surface area contributed by atoms with Gasteiger partial charge < -0.3 is 9.84 Å². The summed E-state index contributed by atoms with van der Waals surface area (Å²) in [6.45, 7) is 0. The van der Waals surface area contributed by atoms with E-state index in [4.69, 9.17) is 9.93 Å². The number of nitrogens with zero attached hydrogens (tertiary/aromatic N) is 1. The zero-order valence-corrected chi connectivity index (χ0v) is 10.7. The molecule has 0 amide bonds. The van der Waals surface area contributed by atoms with E-state index in [1.54, 1.807) is 13.2 Å². The molecule has 0 radical (unpaired) electrons. The van der Waals surface area contributed by atoms with Gasteiger partial charge in [0.05, 0.1) is 12.1 Å². The lowest BCUT2D eigenvalue weighted by atomic mass is 10.1. The molecule has 2 N–H and O–H groups in total. The van der Waals surface area contributed by atoms with E-state index in [2.05, 4.69) is 26.4 Å². The van der Waals surface area contributed by atoms with Crippen molar-refractivity contribution in [2.75, 3.05) is 7.05 Å². The van der Waals surface area contributed by atoms with Gasteiger partial charge in [-0.3, -0.25) is 5.41 Å². The largest absolute Gasteiger partial charge is 0.394 e. The lowest BCUT2D eigenvalue weighted by Crippen LogP contribution is -2.03. The van der Waals surface area contributed by atoms with Gasteiger partial charge >= 0.3 is 0 Å². The number of hydrogen-bond acceptors (Lipinski definition) is 4. The van der Waals surface area contributed by atoms with Crippen molar-refractivity contribution in [2.45, 2.75) is 19.3 Å². The van der Waals surface area contributed by atoms with Crippen LogP contribution in [0.2, 0.25) is 0 Å². The predicted octanol–water partition coefficient (Wildman–Crippen LogP) is 2.50. The van der Waals surface area contributed by atoms with Crippen LogP contribution in [0, 0.1) is 5.41 Å². The van der Waals surface area contributed by atoms with Crippen molar-refractivity contribution in [3.63, 3.8) is 0 Å². The van der Waals surface area contributed by atoms with Crippen molar-refractivity contribution in [3.05, 3.63) is 29.3 Å². The van der Waals surface area contributed by atoms with Crippen molar-refractivity contribution in [1.29, 1.82) is 5.41 Å². The van der Waals surface area contributed by atoms with E-state index in [-0.39, 0.29) is 10.3 Å². The Kier molecular flexibility index (Phi) is 5.27. The normalized spacial score (nSPS) is 11.9. The van der Waals surface area contributed by atoms with Gasteiger partial charge in [0.25, 0.3) is 0 Å². The Bertz CT molecular complexity index is 417. The Morgan fingerprint density at radius 1 is 1.71 bits per heavy atom. The zero-order valence-electron chi connectivity index (χ0n) is 9.14. The highest BCUT2D eigenvalue weighted by Gasteiger charge is 2.12. The molecule has 7 heteroatoms. The van der Waals surface area contributed by atoms with Gasteiger partial charge in [0.15, 0.2) is 0 Å². The molecule has 0 aliphatic heterocycles. The highest BCUT2D eigenvalue weighted by atomic mass is 79.9. The molecule has 4 nitrogen and oxygen atoms in total. The molecule has 94 valence electrons. The molecule has 1 aromatic rings. The number of hydrogen-bond donors (Lipinski definition) is 2. The van der Waals surface area contributed by atoms with Crippen LogP contribution in [0.3, 0.4) is 0 Å². The van der Waals surface area contributed by atoms with Gasteiger partial charge in [-0.2, -0.15) is 0 Å². The van der Waals surface area contributed by atoms with Crippen LogP contribution >= 0.6 is 15.9 Å². The molecular weight excluding hydrogens is 296 g/mol. The maximum absolute atomic E-state index is 12.1. The molecule has 1 aromatic heterocycles. The Balaban J connectivity index is 2.71. The molecule has 0 bridgehead atoms. The standard InChI is InChI=1S/C10H12BrF2N3O/c1-15-5-6(10(11)14)2-8-3-7(16-17-8)4-9(12)13/h3,5,9,14-15H,2,4H2,1H3/b6-5-,14-10?. The van der Waals surface area contributed by atoms with Crippen molar-refractivity contribution in [3.8, 4) is 0 Å². The van der Waals surface area contributed by atoms with Crippen LogP contribution in [-0.4, -0.2) is 23.3 Å². The van der Waals surface area contributed by atoms with E-state index in [1.165, 1.54) is 6.07 Å². The van der Waals surface area contributed by atoms with E-state index >= 15 is 0 Å². The maximum Gasteiger partial charge on any atom is 0.244 e. The van der Waals surface area contributed by atoms with Crippen molar-refractivity contribution in [1.82, 2.24) is 10.5 Å². The lowest BCUT2D eigenvalue weighted by Gasteiger charge is -2.00. The number of halogens is 3. The molecule has 0 aliphatic rings. The number of allylic oxidation sites excluding steroid dienone is 1. The summed E-state index contributed by atoms with van der Waals surface area (Å²) < 4.78 is 29.3. The Morgan fingerprint density at radius 3 is 2.94 bits per heavy atom. The summed E-state index contributed by atoms with van der Waals surface area (Å²) in [5.74, 6) is 0.450. The van der Waals surface area contributed by atoms with Gasteiger partial charge in [0, 0.05) is 31.3 Å². The molecule has 0 aromatic carbocycles. The first-order valence-corrected chi connectivity index (χ1v) is 5.65. The fourth-order valence-corrected chi connectivity index (χ4v) is 1.50. The van der Waals surface area contributed by atoms with Crippen LogP contribution in [0.15, 0.2) is 22.4 Å². The Labute approximate surface area is 106 Å². The zero-order chi connectivity index (χ0) is 12.8. The summed E-state index contributed by atoms with van der Waals surface area (Å²) in [7, 11) is 1.71. The molecule has 17 heavy (non-hydrogen) atoms. The molecule has 1 heterocycles. The fourth-order valence-electron chi connectivity index (χ4n) is 1.25. The van der Waals surface area contributed by atoms with Crippen molar-refractivity contribution < 1.29 is 13.3 Å². The van der Waals surface area contributed by atoms with Crippen LogP contribution in [0.4, 0.5) is 8.78 Å². The molecule has 0 atom stereocenters. The quantitative estimate of drug-likeness (QED) is 0.794. The van der Waals surface area contributed by atoms with Crippen LogP contribution in [-0.2, 0) is 12.8 Å². The number of nitrogens with one attached hydrogen (secondary N) is 2. The van der Waals surface area contributed by atoms with Crippen LogP contribution in [0.1, 0.15) is 11.5 Å². The third-order valence-electron chi connectivity index (χ3n) is 1.94. The average molecular weight is 308 g/mol. The summed E-state index contributed by atoms with van der Waals surface area (Å²) in [6, 6.07) is 1.48. The summed E-state index contributed by atoms with van der Waals surface area (Å²) in [5, 5.41) is 13.8. The first-order chi connectivity index (χ1) is 8.02. The van der Waals surface area contributed by atoms with Gasteiger partial charge in [-0.25, -0.2) is 8.78 Å². The molecule has 0 saturated carbocycles. The monoisotopic (exact) mass is 307 g/mol. The third kappa shape index (κ3) is 4.64. The van der Waals surface area contributed by atoms with E-state index in [0.717, 1.165) is 0 Å². The summed E-state index contributed by atoms with van der Waals surface area (Å²) in [6.07, 6.45) is -0.900. The maximum atomic E-state index is 12.1. The van der Waals surface area contributed by atoms with Gasteiger partial charge in [0.1, 0.15) is 10.4 Å². The molecule has 0 saturated heterocycles. The van der Waals surface area contributed by atoms with Gasteiger partial charge in [-0.15, -0.1) is 0 Å². The molecule has 0 spiro atoms. The minimum atomic E-state index is -2.44. The van der Waals surface area contributed by atoms with E-state index < -0.39 is 12.8 Å². The fraction of sp³-hybridized carbons (Fsp3) is 0.400. The molecule has 1 rings (SSSR count).